The molecule has 1 atom stereocenters. The van der Waals surface area contributed by atoms with Crippen LogP contribution in [0.25, 0.3) is 0 Å². The number of rotatable bonds is 12. The zero-order valence-corrected chi connectivity index (χ0v) is 24.7. The van der Waals surface area contributed by atoms with E-state index in [0.29, 0.717) is 41.8 Å². The predicted molar refractivity (Wildman–Crippen MR) is 155 cm³/mol. The molecule has 0 spiro atoms. The number of hydrogen-bond donors (Lipinski definition) is 1. The van der Waals surface area contributed by atoms with Gasteiger partial charge in [-0.05, 0) is 55.5 Å². The molecule has 1 N–H and O–H groups in total. The predicted octanol–water partition coefficient (Wildman–Crippen LogP) is 4.52. The van der Waals surface area contributed by atoms with Crippen molar-refractivity contribution in [3.8, 4) is 11.5 Å². The van der Waals surface area contributed by atoms with Crippen LogP contribution in [0.1, 0.15) is 57.4 Å². The lowest BCUT2D eigenvalue weighted by molar-refractivity contribution is -0.141. The number of halogens is 1. The molecule has 2 amide bonds. The first-order valence-corrected chi connectivity index (χ1v) is 16.1. The summed E-state index contributed by atoms with van der Waals surface area (Å²) in [5.74, 6) is 0.699. The Bertz CT molecular complexity index is 1280. The highest BCUT2D eigenvalue weighted by molar-refractivity contribution is 7.92. The minimum absolute atomic E-state index is 0.0807. The number of ether oxygens (including phenoxy) is 2. The first-order valence-electron chi connectivity index (χ1n) is 13.9. The molecule has 11 heteroatoms. The van der Waals surface area contributed by atoms with Gasteiger partial charge in [0.2, 0.25) is 21.8 Å². The Morgan fingerprint density at radius 1 is 1.05 bits per heavy atom. The molecule has 2 aromatic rings. The van der Waals surface area contributed by atoms with Crippen LogP contribution in [-0.4, -0.2) is 63.2 Å². The molecule has 9 nitrogen and oxygen atoms in total. The minimum Gasteiger partial charge on any atom is -0.486 e. The van der Waals surface area contributed by atoms with Gasteiger partial charge in [-0.15, -0.1) is 0 Å². The number of hydrogen-bond acceptors (Lipinski definition) is 6. The highest BCUT2D eigenvalue weighted by Crippen LogP contribution is 2.35. The van der Waals surface area contributed by atoms with E-state index in [0.717, 1.165) is 37.5 Å². The smallest absolute Gasteiger partial charge is 0.243 e. The summed E-state index contributed by atoms with van der Waals surface area (Å²) in [5.41, 5.74) is 1.30. The highest BCUT2D eigenvalue weighted by atomic mass is 35.5. The van der Waals surface area contributed by atoms with Crippen molar-refractivity contribution in [1.29, 1.82) is 0 Å². The van der Waals surface area contributed by atoms with Crippen LogP contribution in [0.2, 0.25) is 5.02 Å². The molecule has 1 aliphatic carbocycles. The second-order valence-corrected chi connectivity index (χ2v) is 12.7. The van der Waals surface area contributed by atoms with E-state index in [1.54, 1.807) is 35.2 Å². The first-order chi connectivity index (χ1) is 19.2. The van der Waals surface area contributed by atoms with Crippen LogP contribution in [0.15, 0.2) is 42.5 Å². The van der Waals surface area contributed by atoms with Crippen molar-refractivity contribution in [1.82, 2.24) is 10.2 Å². The summed E-state index contributed by atoms with van der Waals surface area (Å²) in [6.07, 6.45) is 6.05. The molecule has 1 saturated carbocycles. The molecule has 0 aromatic heterocycles. The molecule has 0 saturated heterocycles. The molecule has 0 bridgehead atoms. The molecule has 1 fully saturated rings. The normalized spacial score (nSPS) is 15.9. The molecule has 40 heavy (non-hydrogen) atoms. The van der Waals surface area contributed by atoms with Crippen molar-refractivity contribution in [2.45, 2.75) is 70.5 Å². The van der Waals surface area contributed by atoms with Crippen molar-refractivity contribution in [2.75, 3.05) is 30.3 Å². The van der Waals surface area contributed by atoms with E-state index < -0.39 is 16.1 Å². The Balaban J connectivity index is 1.48. The molecule has 1 unspecified atom stereocenters. The average molecular weight is 592 g/mol. The zero-order valence-electron chi connectivity index (χ0n) is 23.1. The fourth-order valence-corrected chi connectivity index (χ4v) is 6.35. The zero-order chi connectivity index (χ0) is 28.7. The van der Waals surface area contributed by atoms with Gasteiger partial charge in [0.1, 0.15) is 19.3 Å². The van der Waals surface area contributed by atoms with Gasteiger partial charge in [-0.1, -0.05) is 43.5 Å². The molecule has 2 aliphatic rings. The van der Waals surface area contributed by atoms with Crippen LogP contribution in [0, 0.1) is 0 Å². The van der Waals surface area contributed by atoms with E-state index in [4.69, 9.17) is 21.1 Å². The fourth-order valence-electron chi connectivity index (χ4n) is 5.26. The number of anilines is 1. The Kier molecular flexibility index (Phi) is 10.2. The molecular formula is C29H38ClN3O6S. The summed E-state index contributed by atoms with van der Waals surface area (Å²) >= 11 is 6.06. The lowest BCUT2D eigenvalue weighted by atomic mass is 10.1. The van der Waals surface area contributed by atoms with Crippen LogP contribution in [0.4, 0.5) is 5.69 Å². The monoisotopic (exact) mass is 591 g/mol. The van der Waals surface area contributed by atoms with Crippen molar-refractivity contribution in [3.63, 3.8) is 0 Å². The highest BCUT2D eigenvalue weighted by Gasteiger charge is 2.31. The number of amides is 2. The topological polar surface area (TPSA) is 105 Å². The van der Waals surface area contributed by atoms with E-state index in [2.05, 4.69) is 5.32 Å². The molecule has 4 rings (SSSR count). The van der Waals surface area contributed by atoms with Gasteiger partial charge in [0.25, 0.3) is 0 Å². The van der Waals surface area contributed by atoms with Crippen molar-refractivity contribution in [3.05, 3.63) is 53.1 Å². The van der Waals surface area contributed by atoms with E-state index >= 15 is 0 Å². The molecule has 218 valence electrons. The Morgan fingerprint density at radius 2 is 1.73 bits per heavy atom. The van der Waals surface area contributed by atoms with Gasteiger partial charge in [0.05, 0.1) is 11.9 Å². The number of nitrogens with one attached hydrogen (secondary N) is 1. The average Bonchev–Trinajstić information content (AvgIpc) is 3.44. The second-order valence-electron chi connectivity index (χ2n) is 10.3. The lowest BCUT2D eigenvalue weighted by Gasteiger charge is -2.32. The Labute approximate surface area is 241 Å². The van der Waals surface area contributed by atoms with E-state index in [9.17, 15) is 18.0 Å². The number of nitrogens with zero attached hydrogens (tertiary/aromatic N) is 2. The summed E-state index contributed by atoms with van der Waals surface area (Å²) in [7, 11) is -3.63. The van der Waals surface area contributed by atoms with Crippen LogP contribution >= 0.6 is 11.6 Å². The third-order valence-corrected chi connectivity index (χ3v) is 8.77. The molecule has 2 aromatic carbocycles. The van der Waals surface area contributed by atoms with Crippen LogP contribution < -0.4 is 19.1 Å². The number of carbonyl (C=O) groups is 2. The van der Waals surface area contributed by atoms with Gasteiger partial charge in [-0.25, -0.2) is 8.42 Å². The largest absolute Gasteiger partial charge is 0.486 e. The van der Waals surface area contributed by atoms with Gasteiger partial charge in [-0.2, -0.15) is 0 Å². The maximum Gasteiger partial charge on any atom is 0.243 e. The number of carbonyl (C=O) groups excluding carboxylic acids is 2. The summed E-state index contributed by atoms with van der Waals surface area (Å²) in [5, 5.41) is 3.73. The number of sulfonamides is 1. The summed E-state index contributed by atoms with van der Waals surface area (Å²) in [6, 6.07) is 11.7. The lowest BCUT2D eigenvalue weighted by Crippen LogP contribution is -2.51. The van der Waals surface area contributed by atoms with E-state index in [-0.39, 0.29) is 43.8 Å². The van der Waals surface area contributed by atoms with Crippen molar-refractivity contribution in [2.24, 2.45) is 0 Å². The second kappa shape index (κ2) is 13.6. The molecule has 1 heterocycles. The summed E-state index contributed by atoms with van der Waals surface area (Å²) in [4.78, 5) is 28.5. The van der Waals surface area contributed by atoms with Crippen LogP contribution in [0.5, 0.6) is 11.5 Å². The third kappa shape index (κ3) is 7.81. The van der Waals surface area contributed by atoms with Crippen LogP contribution in [-0.2, 0) is 26.2 Å². The van der Waals surface area contributed by atoms with E-state index in [1.165, 1.54) is 4.31 Å². The van der Waals surface area contributed by atoms with Gasteiger partial charge >= 0.3 is 0 Å². The van der Waals surface area contributed by atoms with E-state index in [1.807, 2.05) is 19.1 Å². The first kappa shape index (κ1) is 30.0. The minimum atomic E-state index is -3.63. The van der Waals surface area contributed by atoms with Gasteiger partial charge < -0.3 is 19.7 Å². The quantitative estimate of drug-likeness (QED) is 0.389. The summed E-state index contributed by atoms with van der Waals surface area (Å²) < 4.78 is 37.8. The standard InChI is InChI=1S/C29H38ClN3O6S/c1-3-25(29(35)31-23-7-4-5-8-23)32(20-21-10-12-22(30)13-11-21)28(34)9-6-16-33(40(2,36)37)24-14-15-26-27(19-24)39-18-17-38-26/h10-15,19,23,25H,3-9,16-18,20H2,1-2H3,(H,31,35). The van der Waals surface area contributed by atoms with Crippen molar-refractivity contribution < 1.29 is 27.5 Å². The Hall–Kier alpha value is -2.98. The number of benzene rings is 2. The van der Waals surface area contributed by atoms with Gasteiger partial charge in [0.15, 0.2) is 11.5 Å². The van der Waals surface area contributed by atoms with Gasteiger partial charge in [-0.3, -0.25) is 13.9 Å². The van der Waals surface area contributed by atoms with Gasteiger partial charge in [0, 0.05) is 36.6 Å². The summed E-state index contributed by atoms with van der Waals surface area (Å²) in [6.45, 7) is 3.08. The molecule has 0 radical (unpaired) electrons. The van der Waals surface area contributed by atoms with Crippen LogP contribution in [0.3, 0.4) is 0 Å². The number of fused-ring (bicyclic) bond motifs is 1. The fraction of sp³-hybridized carbons (Fsp3) is 0.517. The van der Waals surface area contributed by atoms with Crippen molar-refractivity contribution >= 4 is 39.1 Å². The molecular weight excluding hydrogens is 554 g/mol. The molecule has 1 aliphatic heterocycles. The maximum absolute atomic E-state index is 13.6. The third-order valence-electron chi connectivity index (χ3n) is 7.32. The maximum atomic E-state index is 13.6. The SMILES string of the molecule is CCC(C(=O)NC1CCCC1)N(Cc1ccc(Cl)cc1)C(=O)CCCN(c1ccc2c(c1)OCCO2)S(C)(=O)=O. The Morgan fingerprint density at radius 3 is 2.38 bits per heavy atom.